The van der Waals surface area contributed by atoms with Gasteiger partial charge >= 0.3 is 13.7 Å². The summed E-state index contributed by atoms with van der Waals surface area (Å²) < 4.78 is 38.9. The molecule has 0 spiro atoms. The molecule has 0 aliphatic rings. The van der Waals surface area contributed by atoms with Crippen LogP contribution in [0.3, 0.4) is 0 Å². The smallest absolute Gasteiger partial charge is 0.459 e. The number of ether oxygens (including phenoxy) is 2. The first-order chi connectivity index (χ1) is 19.1. The molecule has 0 aliphatic carbocycles. The van der Waals surface area contributed by atoms with Crippen LogP contribution in [0.25, 0.3) is 21.9 Å². The van der Waals surface area contributed by atoms with Gasteiger partial charge in [-0.1, -0.05) is 36.4 Å². The Bertz CT molecular complexity index is 1510. The fraction of sp³-hybridized carbons (Fsp3) is 0.393. The lowest BCUT2D eigenvalue weighted by Gasteiger charge is -2.26. The van der Waals surface area contributed by atoms with Crippen molar-refractivity contribution in [2.45, 2.75) is 66.0 Å². The van der Waals surface area contributed by atoms with Gasteiger partial charge in [0.2, 0.25) is 0 Å². The molecule has 40 heavy (non-hydrogen) atoms. The highest BCUT2D eigenvalue weighted by molar-refractivity contribution is 7.52. The molecule has 0 saturated heterocycles. The Morgan fingerprint density at radius 1 is 1.05 bits per heavy atom. The van der Waals surface area contributed by atoms with Crippen molar-refractivity contribution in [2.75, 3.05) is 12.3 Å². The minimum atomic E-state index is -4.08. The molecular weight excluding hydrogens is 533 g/mol. The summed E-state index contributed by atoms with van der Waals surface area (Å²) in [5.41, 5.74) is 8.34. The summed E-state index contributed by atoms with van der Waals surface area (Å²) in [7, 11) is -4.08. The normalized spacial score (nSPS) is 14.8. The lowest BCUT2D eigenvalue weighted by atomic mass is 10.2. The first-order valence-electron chi connectivity index (χ1n) is 13.2. The van der Waals surface area contributed by atoms with Gasteiger partial charge in [-0.05, 0) is 52.8 Å². The van der Waals surface area contributed by atoms with E-state index >= 15 is 0 Å². The zero-order valence-electron chi connectivity index (χ0n) is 23.4. The van der Waals surface area contributed by atoms with E-state index in [1.807, 2.05) is 41.8 Å². The number of hydrogen-bond donors (Lipinski definition) is 2. The third kappa shape index (κ3) is 6.98. The second-order valence-corrected chi connectivity index (χ2v) is 11.3. The Kier molecular flexibility index (Phi) is 9.42. The molecule has 4 rings (SSSR count). The van der Waals surface area contributed by atoms with Crippen molar-refractivity contribution in [1.29, 1.82) is 0 Å². The molecule has 4 aromatic rings. The van der Waals surface area contributed by atoms with Gasteiger partial charge in [0.05, 0.1) is 29.8 Å². The number of nitrogens with two attached hydrogens (primary N) is 1. The molecule has 12 heteroatoms. The first kappa shape index (κ1) is 29.5. The summed E-state index contributed by atoms with van der Waals surface area (Å²) in [5.74, 6) is 0.677. The highest BCUT2D eigenvalue weighted by atomic mass is 31.2. The van der Waals surface area contributed by atoms with Crippen molar-refractivity contribution in [3.05, 3.63) is 60.4 Å². The Morgan fingerprint density at radius 2 is 1.75 bits per heavy atom. The van der Waals surface area contributed by atoms with E-state index in [2.05, 4.69) is 10.1 Å². The summed E-state index contributed by atoms with van der Waals surface area (Å²) in [6.45, 7) is 9.67. The van der Waals surface area contributed by atoms with E-state index in [1.165, 1.54) is 0 Å². The Balaban J connectivity index is 1.68. The zero-order chi connectivity index (χ0) is 28.9. The van der Waals surface area contributed by atoms with Crippen LogP contribution in [0.4, 0.5) is 5.82 Å². The van der Waals surface area contributed by atoms with Gasteiger partial charge in [0.1, 0.15) is 29.7 Å². The Labute approximate surface area is 233 Å². The van der Waals surface area contributed by atoms with E-state index in [1.54, 1.807) is 52.0 Å². The quantitative estimate of drug-likeness (QED) is 0.163. The number of hydrogen-bond acceptors (Lipinski definition) is 9. The summed E-state index contributed by atoms with van der Waals surface area (Å²) in [5, 5.41) is 3.60. The average molecular weight is 570 g/mol. The van der Waals surface area contributed by atoms with E-state index in [4.69, 9.17) is 29.2 Å². The second-order valence-electron chi connectivity index (χ2n) is 9.64. The van der Waals surface area contributed by atoms with Crippen molar-refractivity contribution < 1.29 is 27.9 Å². The van der Waals surface area contributed by atoms with E-state index in [0.717, 1.165) is 16.4 Å². The number of nitrogens with zero attached hydrogens (tertiary/aromatic N) is 3. The number of benzene rings is 2. The maximum Gasteiger partial charge on any atom is 0.459 e. The molecule has 214 valence electrons. The monoisotopic (exact) mass is 569 g/mol. The average Bonchev–Trinajstić information content (AvgIpc) is 3.26. The van der Waals surface area contributed by atoms with E-state index in [9.17, 15) is 9.36 Å². The second kappa shape index (κ2) is 12.8. The van der Waals surface area contributed by atoms with Crippen LogP contribution in [0.5, 0.6) is 5.75 Å². The first-order valence-corrected chi connectivity index (χ1v) is 14.8. The number of para-hydroxylation sites is 2. The fourth-order valence-corrected chi connectivity index (χ4v) is 5.93. The summed E-state index contributed by atoms with van der Waals surface area (Å²) in [6, 6.07) is 15.3. The number of fused-ring (bicyclic) bond motifs is 3. The minimum absolute atomic E-state index is 0.236. The molecule has 0 amide bonds. The maximum absolute atomic E-state index is 14.1. The lowest BCUT2D eigenvalue weighted by molar-refractivity contribution is -0.149. The minimum Gasteiger partial charge on any atom is -0.462 e. The van der Waals surface area contributed by atoms with Crippen LogP contribution in [0.15, 0.2) is 54.6 Å². The topological polar surface area (TPSA) is 140 Å². The molecule has 0 bridgehead atoms. The van der Waals surface area contributed by atoms with Crippen LogP contribution >= 0.6 is 7.75 Å². The number of pyridine rings is 1. The predicted molar refractivity (Wildman–Crippen MR) is 154 cm³/mol. The summed E-state index contributed by atoms with van der Waals surface area (Å²) in [4.78, 5) is 21.8. The van der Waals surface area contributed by atoms with E-state index in [0.29, 0.717) is 29.5 Å². The van der Waals surface area contributed by atoms with E-state index in [-0.39, 0.29) is 19.3 Å². The Morgan fingerprint density at radius 3 is 2.45 bits per heavy atom. The van der Waals surface area contributed by atoms with Crippen LogP contribution in [-0.2, 0) is 36.5 Å². The van der Waals surface area contributed by atoms with Crippen LogP contribution in [0.1, 0.15) is 40.4 Å². The molecule has 3 atom stereocenters. The highest BCUT2D eigenvalue weighted by Gasteiger charge is 2.35. The largest absolute Gasteiger partial charge is 0.462 e. The standard InChI is InChI=1S/C28H36N5O6P/c1-6-36-17-24-31-25-26(22-14-10-11-15-23(22)30-27(25)29)33(24)16-19(4)38-40(35,39-21-12-8-7-9-13-21)32-20(5)28(34)37-18(2)3/h7-15,18-20H,6,16-17H2,1-5H3,(H2,29,30)(H,32,35)/t19-,20-,40?/m1/s1. The number of aromatic nitrogens is 3. The molecule has 0 saturated carbocycles. The van der Waals surface area contributed by atoms with Crippen molar-refractivity contribution in [1.82, 2.24) is 19.6 Å². The molecule has 2 aromatic carbocycles. The molecule has 0 aliphatic heterocycles. The molecule has 1 unspecified atom stereocenters. The van der Waals surface area contributed by atoms with Gasteiger partial charge in [-0.2, -0.15) is 5.09 Å². The van der Waals surface area contributed by atoms with Crippen molar-refractivity contribution in [2.24, 2.45) is 0 Å². The summed E-state index contributed by atoms with van der Waals surface area (Å²) in [6.07, 6.45) is -0.998. The highest BCUT2D eigenvalue weighted by Crippen LogP contribution is 2.46. The third-order valence-corrected chi connectivity index (χ3v) is 7.70. The fourth-order valence-electron chi connectivity index (χ4n) is 4.26. The zero-order valence-corrected chi connectivity index (χ0v) is 24.3. The van der Waals surface area contributed by atoms with Crippen LogP contribution in [-0.4, -0.2) is 45.4 Å². The number of carbonyl (C=O) groups excluding carboxylic acids is 1. The van der Waals surface area contributed by atoms with Gasteiger partial charge in [-0.15, -0.1) is 0 Å². The van der Waals surface area contributed by atoms with Gasteiger partial charge in [-0.3, -0.25) is 9.32 Å². The van der Waals surface area contributed by atoms with Gasteiger partial charge in [0.25, 0.3) is 0 Å². The van der Waals surface area contributed by atoms with E-state index < -0.39 is 25.9 Å². The van der Waals surface area contributed by atoms with Crippen LogP contribution < -0.4 is 15.3 Å². The number of rotatable bonds is 13. The Hall–Kier alpha value is -3.50. The molecular formula is C28H36N5O6P. The van der Waals surface area contributed by atoms with Crippen molar-refractivity contribution >= 4 is 41.5 Å². The number of nitrogens with one attached hydrogen (secondary N) is 1. The SMILES string of the molecule is CCOCc1nc2c(N)nc3ccccc3c2n1C[C@@H](C)OP(=O)(N[C@H](C)C(=O)OC(C)C)Oc1ccccc1. The molecule has 0 fully saturated rings. The van der Waals surface area contributed by atoms with Crippen LogP contribution in [0.2, 0.25) is 0 Å². The number of imidazole rings is 1. The number of esters is 1. The van der Waals surface area contributed by atoms with Gasteiger partial charge < -0.3 is 24.3 Å². The number of carbonyl (C=O) groups is 1. The van der Waals surface area contributed by atoms with Gasteiger partial charge in [0.15, 0.2) is 5.82 Å². The molecule has 11 nitrogen and oxygen atoms in total. The van der Waals surface area contributed by atoms with Crippen molar-refractivity contribution in [3.8, 4) is 5.75 Å². The molecule has 2 aromatic heterocycles. The van der Waals surface area contributed by atoms with Gasteiger partial charge in [0, 0.05) is 12.0 Å². The molecule has 2 heterocycles. The molecule has 0 radical (unpaired) electrons. The van der Waals surface area contributed by atoms with Crippen molar-refractivity contribution in [3.63, 3.8) is 0 Å². The lowest BCUT2D eigenvalue weighted by Crippen LogP contribution is -2.37. The van der Waals surface area contributed by atoms with Gasteiger partial charge in [-0.25, -0.2) is 14.5 Å². The predicted octanol–water partition coefficient (Wildman–Crippen LogP) is 5.23. The number of anilines is 1. The number of nitrogen functional groups attached to an aromatic ring is 1. The maximum atomic E-state index is 14.1. The van der Waals surface area contributed by atoms with Crippen LogP contribution in [0, 0.1) is 0 Å². The summed E-state index contributed by atoms with van der Waals surface area (Å²) >= 11 is 0. The molecule has 3 N–H and O–H groups in total. The third-order valence-electron chi connectivity index (χ3n) is 5.91.